The maximum atomic E-state index is 12.4. The van der Waals surface area contributed by atoms with Gasteiger partial charge in [0.2, 0.25) is 5.91 Å². The number of rotatable bonds is 6. The molecule has 0 saturated heterocycles. The van der Waals surface area contributed by atoms with Gasteiger partial charge in [0.1, 0.15) is 6.54 Å². The van der Waals surface area contributed by atoms with E-state index in [1.807, 2.05) is 30.3 Å². The minimum Gasteiger partial charge on any atom is -0.353 e. The van der Waals surface area contributed by atoms with Gasteiger partial charge in [0.05, 0.1) is 29.3 Å². The lowest BCUT2D eigenvalue weighted by atomic mass is 10.1. The molecule has 0 bridgehead atoms. The van der Waals surface area contributed by atoms with Crippen LogP contribution in [0.1, 0.15) is 0 Å². The second-order valence-corrected chi connectivity index (χ2v) is 6.72. The first-order chi connectivity index (χ1) is 14.6. The maximum Gasteiger partial charge on any atom is 0.261 e. The van der Waals surface area contributed by atoms with Gasteiger partial charge in [0, 0.05) is 24.7 Å². The van der Waals surface area contributed by atoms with Crippen LogP contribution in [0.4, 0.5) is 0 Å². The van der Waals surface area contributed by atoms with Crippen molar-refractivity contribution in [2.45, 2.75) is 13.1 Å². The predicted octanol–water partition coefficient (Wildman–Crippen LogP) is 1.44. The van der Waals surface area contributed by atoms with Crippen molar-refractivity contribution in [1.29, 1.82) is 0 Å². The Morgan fingerprint density at radius 2 is 1.63 bits per heavy atom. The number of carbonyl (C=O) groups excluding carboxylic acids is 1. The zero-order chi connectivity index (χ0) is 20.9. The molecule has 2 heterocycles. The number of hydrogen-bond acceptors (Lipinski definition) is 5. The van der Waals surface area contributed by atoms with Gasteiger partial charge in [0.15, 0.2) is 0 Å². The Bertz CT molecular complexity index is 1310. The van der Waals surface area contributed by atoms with Crippen molar-refractivity contribution < 1.29 is 4.79 Å². The standard InChI is InChI=1S/C22H19N5O3/c28-20(13-27-15-24-18-9-5-4-8-17(18)22(27)30)23-10-11-26-14-25-19(12-21(26)29)16-6-2-1-3-7-16/h1-9,12,14-15H,10-11,13H2,(H,23,28). The monoisotopic (exact) mass is 401 g/mol. The highest BCUT2D eigenvalue weighted by atomic mass is 16.2. The lowest BCUT2D eigenvalue weighted by Gasteiger charge is -2.09. The molecule has 2 aromatic carbocycles. The van der Waals surface area contributed by atoms with Crippen LogP contribution >= 0.6 is 0 Å². The van der Waals surface area contributed by atoms with E-state index in [0.717, 1.165) is 5.56 Å². The summed E-state index contributed by atoms with van der Waals surface area (Å²) < 4.78 is 2.69. The van der Waals surface area contributed by atoms with Crippen LogP contribution in [0.2, 0.25) is 0 Å². The Hall–Kier alpha value is -4.07. The van der Waals surface area contributed by atoms with E-state index in [4.69, 9.17) is 0 Å². The fourth-order valence-corrected chi connectivity index (χ4v) is 3.11. The molecule has 8 nitrogen and oxygen atoms in total. The zero-order valence-corrected chi connectivity index (χ0v) is 16.1. The molecule has 0 aliphatic rings. The fraction of sp³-hybridized carbons (Fsp3) is 0.136. The van der Waals surface area contributed by atoms with Crippen molar-refractivity contribution in [3.63, 3.8) is 0 Å². The average Bonchev–Trinajstić information content (AvgIpc) is 2.77. The van der Waals surface area contributed by atoms with Crippen molar-refractivity contribution in [2.75, 3.05) is 6.54 Å². The number of nitrogens with one attached hydrogen (secondary N) is 1. The molecule has 1 N–H and O–H groups in total. The van der Waals surface area contributed by atoms with Crippen molar-refractivity contribution in [3.8, 4) is 11.3 Å². The number of para-hydroxylation sites is 1. The minimum atomic E-state index is -0.337. The highest BCUT2D eigenvalue weighted by Gasteiger charge is 2.08. The van der Waals surface area contributed by atoms with E-state index in [0.29, 0.717) is 16.6 Å². The van der Waals surface area contributed by atoms with Crippen molar-refractivity contribution in [2.24, 2.45) is 0 Å². The second-order valence-electron chi connectivity index (χ2n) is 6.72. The molecule has 150 valence electrons. The van der Waals surface area contributed by atoms with Crippen LogP contribution in [0.3, 0.4) is 0 Å². The quantitative estimate of drug-likeness (QED) is 0.527. The summed E-state index contributed by atoms with van der Waals surface area (Å²) in [5, 5.41) is 3.18. The highest BCUT2D eigenvalue weighted by molar-refractivity contribution is 5.78. The molecule has 2 aromatic heterocycles. The summed E-state index contributed by atoms with van der Waals surface area (Å²) in [6.45, 7) is 0.370. The Morgan fingerprint density at radius 1 is 0.900 bits per heavy atom. The molecule has 0 unspecified atom stereocenters. The van der Waals surface area contributed by atoms with Crippen LogP contribution in [0.15, 0.2) is 82.9 Å². The Morgan fingerprint density at radius 3 is 2.43 bits per heavy atom. The number of nitrogens with zero attached hydrogens (tertiary/aromatic N) is 4. The van der Waals surface area contributed by atoms with Gasteiger partial charge in [-0.05, 0) is 12.1 Å². The van der Waals surface area contributed by atoms with Gasteiger partial charge in [-0.2, -0.15) is 0 Å². The van der Waals surface area contributed by atoms with E-state index < -0.39 is 0 Å². The summed E-state index contributed by atoms with van der Waals surface area (Å²) in [5.74, 6) is -0.337. The normalized spacial score (nSPS) is 10.8. The molecule has 0 radical (unpaired) electrons. The topological polar surface area (TPSA) is 98.9 Å². The lowest BCUT2D eigenvalue weighted by molar-refractivity contribution is -0.121. The number of hydrogen-bond donors (Lipinski definition) is 1. The van der Waals surface area contributed by atoms with Crippen LogP contribution < -0.4 is 16.4 Å². The van der Waals surface area contributed by atoms with Crippen LogP contribution in [0.25, 0.3) is 22.2 Å². The Labute approximate surface area is 171 Å². The summed E-state index contributed by atoms with van der Waals surface area (Å²) >= 11 is 0. The van der Waals surface area contributed by atoms with Gasteiger partial charge in [0.25, 0.3) is 11.1 Å². The molecular formula is C22H19N5O3. The van der Waals surface area contributed by atoms with Crippen LogP contribution in [0.5, 0.6) is 0 Å². The van der Waals surface area contributed by atoms with Crippen LogP contribution in [-0.4, -0.2) is 31.6 Å². The second kappa shape index (κ2) is 8.52. The van der Waals surface area contributed by atoms with E-state index in [2.05, 4.69) is 15.3 Å². The Kier molecular flexibility index (Phi) is 5.47. The first-order valence-corrected chi connectivity index (χ1v) is 9.44. The third kappa shape index (κ3) is 4.17. The van der Waals surface area contributed by atoms with Gasteiger partial charge in [-0.25, -0.2) is 9.97 Å². The molecular weight excluding hydrogens is 382 g/mol. The summed E-state index contributed by atoms with van der Waals surface area (Å²) in [6.07, 6.45) is 2.83. The summed E-state index contributed by atoms with van der Waals surface area (Å²) in [5.41, 5.74) is 1.58. The maximum absolute atomic E-state index is 12.4. The molecule has 4 aromatic rings. The highest BCUT2D eigenvalue weighted by Crippen LogP contribution is 2.13. The molecule has 0 saturated carbocycles. The van der Waals surface area contributed by atoms with Crippen molar-refractivity contribution in [1.82, 2.24) is 24.4 Å². The molecule has 1 amide bonds. The zero-order valence-electron chi connectivity index (χ0n) is 16.1. The smallest absolute Gasteiger partial charge is 0.261 e. The lowest BCUT2D eigenvalue weighted by Crippen LogP contribution is -2.35. The van der Waals surface area contributed by atoms with Gasteiger partial charge < -0.3 is 5.32 Å². The number of carbonyl (C=O) groups is 1. The molecule has 4 rings (SSSR count). The first kappa shape index (κ1) is 19.3. The van der Waals surface area contributed by atoms with Gasteiger partial charge in [-0.1, -0.05) is 42.5 Å². The van der Waals surface area contributed by atoms with Gasteiger partial charge >= 0.3 is 0 Å². The summed E-state index contributed by atoms with van der Waals surface area (Å²) in [6, 6.07) is 17.9. The first-order valence-electron chi connectivity index (χ1n) is 9.44. The molecule has 0 spiro atoms. The van der Waals surface area contributed by atoms with Crippen LogP contribution in [0, 0.1) is 0 Å². The predicted molar refractivity (Wildman–Crippen MR) is 113 cm³/mol. The van der Waals surface area contributed by atoms with Crippen molar-refractivity contribution in [3.05, 3.63) is 94.0 Å². The average molecular weight is 401 g/mol. The van der Waals surface area contributed by atoms with Gasteiger partial charge in [-0.3, -0.25) is 23.5 Å². The van der Waals surface area contributed by atoms with E-state index in [1.165, 1.54) is 27.9 Å². The fourth-order valence-electron chi connectivity index (χ4n) is 3.11. The number of fused-ring (bicyclic) bond motifs is 1. The molecule has 0 aliphatic carbocycles. The molecule has 0 atom stereocenters. The molecule has 30 heavy (non-hydrogen) atoms. The molecule has 0 fully saturated rings. The third-order valence-electron chi connectivity index (χ3n) is 4.67. The van der Waals surface area contributed by atoms with E-state index >= 15 is 0 Å². The summed E-state index contributed by atoms with van der Waals surface area (Å²) in [7, 11) is 0. The summed E-state index contributed by atoms with van der Waals surface area (Å²) in [4.78, 5) is 45.5. The Balaban J connectivity index is 1.37. The minimum absolute atomic E-state index is 0.142. The van der Waals surface area contributed by atoms with E-state index in [9.17, 15) is 14.4 Å². The number of amides is 1. The van der Waals surface area contributed by atoms with Crippen molar-refractivity contribution >= 4 is 16.8 Å². The third-order valence-corrected chi connectivity index (χ3v) is 4.67. The number of benzene rings is 2. The number of aromatic nitrogens is 4. The molecule has 0 aliphatic heterocycles. The largest absolute Gasteiger partial charge is 0.353 e. The van der Waals surface area contributed by atoms with Crippen LogP contribution in [-0.2, 0) is 17.9 Å². The molecule has 8 heteroatoms. The van der Waals surface area contributed by atoms with E-state index in [1.54, 1.807) is 24.3 Å². The SMILES string of the molecule is O=C(Cn1cnc2ccccc2c1=O)NCCn1cnc(-c2ccccc2)cc1=O. The van der Waals surface area contributed by atoms with Gasteiger partial charge in [-0.15, -0.1) is 0 Å². The van der Waals surface area contributed by atoms with E-state index in [-0.39, 0.29) is 36.7 Å².